The van der Waals surface area contributed by atoms with Gasteiger partial charge in [-0.05, 0) is 48.4 Å². The first-order valence-electron chi connectivity index (χ1n) is 9.98. The van der Waals surface area contributed by atoms with Crippen LogP contribution in [0.2, 0.25) is 0 Å². The molecule has 0 aliphatic rings. The molecule has 34 heavy (non-hydrogen) atoms. The molecule has 4 rings (SSSR count). The first kappa shape index (κ1) is 23.4. The molecule has 0 amide bonds. The van der Waals surface area contributed by atoms with Crippen molar-refractivity contribution in [2.45, 2.75) is 24.7 Å². The summed E-state index contributed by atoms with van der Waals surface area (Å²) in [5, 5.41) is 0.196. The second kappa shape index (κ2) is 8.56. The maximum absolute atomic E-state index is 14.3. The van der Waals surface area contributed by atoms with E-state index in [9.17, 15) is 21.6 Å². The Morgan fingerprint density at radius 1 is 1.06 bits per heavy atom. The van der Waals surface area contributed by atoms with Crippen LogP contribution < -0.4 is 9.46 Å². The van der Waals surface area contributed by atoms with Crippen molar-refractivity contribution < 1.29 is 26.3 Å². The van der Waals surface area contributed by atoms with Crippen LogP contribution >= 0.6 is 0 Å². The molecule has 2 heterocycles. The van der Waals surface area contributed by atoms with Gasteiger partial charge in [-0.2, -0.15) is 9.37 Å². The molecule has 0 fully saturated rings. The van der Waals surface area contributed by atoms with E-state index >= 15 is 0 Å². The summed E-state index contributed by atoms with van der Waals surface area (Å²) in [6, 6.07) is 12.0. The molecule has 176 valence electrons. The molecule has 2 aromatic heterocycles. The molecule has 0 unspecified atom stereocenters. The molecule has 1 N–H and O–H groups in total. The molecule has 0 saturated carbocycles. The van der Waals surface area contributed by atoms with Crippen LogP contribution in [0.15, 0.2) is 59.6 Å². The van der Waals surface area contributed by atoms with Gasteiger partial charge in [0.05, 0.1) is 17.5 Å². The number of hydrogen-bond acceptors (Lipinski definition) is 6. The summed E-state index contributed by atoms with van der Waals surface area (Å²) in [5.41, 5.74) is 0.461. The molecule has 0 aliphatic carbocycles. The van der Waals surface area contributed by atoms with Crippen molar-refractivity contribution in [2.24, 2.45) is 0 Å². The van der Waals surface area contributed by atoms with Crippen LogP contribution in [0.25, 0.3) is 22.0 Å². The van der Waals surface area contributed by atoms with Crippen LogP contribution in [0.5, 0.6) is 5.88 Å². The number of rotatable bonds is 6. The first-order valence-corrected chi connectivity index (χ1v) is 11.5. The minimum Gasteiger partial charge on any atom is -0.480 e. The number of aryl methyl sites for hydroxylation is 1. The number of alkyl halides is 2. The van der Waals surface area contributed by atoms with Gasteiger partial charge in [0.2, 0.25) is 5.88 Å². The molecule has 11 heteroatoms. The number of ether oxygens (including phenoxy) is 1. The van der Waals surface area contributed by atoms with Gasteiger partial charge >= 0.3 is 6.08 Å². The summed E-state index contributed by atoms with van der Waals surface area (Å²) in [6.45, 7) is 2.35. The monoisotopic (exact) mass is 488 g/mol. The maximum Gasteiger partial charge on any atom is 0.309 e. The van der Waals surface area contributed by atoms with Crippen molar-refractivity contribution >= 4 is 26.7 Å². The van der Waals surface area contributed by atoms with Crippen molar-refractivity contribution in [3.8, 4) is 17.0 Å². The number of aromatic nitrogens is 3. The second-order valence-electron chi connectivity index (χ2n) is 7.61. The smallest absolute Gasteiger partial charge is 0.309 e. The predicted molar refractivity (Wildman–Crippen MR) is 121 cm³/mol. The fourth-order valence-electron chi connectivity index (χ4n) is 3.54. The Balaban J connectivity index is 1.80. The molecule has 0 spiro atoms. The zero-order valence-electron chi connectivity index (χ0n) is 18.3. The lowest BCUT2D eigenvalue weighted by Gasteiger charge is -2.17. The van der Waals surface area contributed by atoms with Crippen molar-refractivity contribution in [1.82, 2.24) is 15.0 Å². The minimum atomic E-state index is -3.92. The number of nitrogens with one attached hydrogen (secondary N) is 1. The molecular weight excluding hydrogens is 469 g/mol. The average molecular weight is 488 g/mol. The van der Waals surface area contributed by atoms with E-state index in [0.29, 0.717) is 18.1 Å². The van der Waals surface area contributed by atoms with E-state index in [1.54, 1.807) is 25.1 Å². The molecule has 7 nitrogen and oxygen atoms in total. The highest BCUT2D eigenvalue weighted by Gasteiger charge is 2.29. The van der Waals surface area contributed by atoms with E-state index in [0.717, 1.165) is 6.20 Å². The van der Waals surface area contributed by atoms with Crippen molar-refractivity contribution in [3.63, 3.8) is 0 Å². The summed E-state index contributed by atoms with van der Waals surface area (Å²) < 4.78 is 75.5. The van der Waals surface area contributed by atoms with Crippen LogP contribution in [0.1, 0.15) is 18.1 Å². The van der Waals surface area contributed by atoms with Gasteiger partial charge in [0, 0.05) is 29.6 Å². The normalized spacial score (nSPS) is 12.1. The lowest BCUT2D eigenvalue weighted by Crippen LogP contribution is -2.15. The lowest BCUT2D eigenvalue weighted by atomic mass is 9.98. The van der Waals surface area contributed by atoms with Gasteiger partial charge in [0.15, 0.2) is 0 Å². The molecule has 0 saturated heterocycles. The topological polar surface area (TPSA) is 94.1 Å². The van der Waals surface area contributed by atoms with E-state index in [2.05, 4.69) is 19.7 Å². The Morgan fingerprint density at radius 2 is 1.79 bits per heavy atom. The average Bonchev–Trinajstić information content (AvgIpc) is 2.77. The van der Waals surface area contributed by atoms with E-state index in [-0.39, 0.29) is 33.1 Å². The Morgan fingerprint density at radius 3 is 2.47 bits per heavy atom. The summed E-state index contributed by atoms with van der Waals surface area (Å²) in [7, 11) is -2.60. The third-order valence-corrected chi connectivity index (χ3v) is 6.63. The Kier molecular flexibility index (Phi) is 5.90. The molecule has 0 radical (unpaired) electrons. The number of nitrogens with zero attached hydrogens (tertiary/aromatic N) is 3. The van der Waals surface area contributed by atoms with Gasteiger partial charge in [0.25, 0.3) is 15.9 Å². The molecule has 2 aromatic carbocycles. The number of benzene rings is 2. The number of methoxy groups -OCH3 is 1. The Hall–Kier alpha value is -3.73. The Labute approximate surface area is 193 Å². The van der Waals surface area contributed by atoms with Crippen molar-refractivity contribution in [1.29, 1.82) is 0 Å². The Bertz CT molecular complexity index is 1510. The lowest BCUT2D eigenvalue weighted by molar-refractivity contribution is 0.0189. The summed E-state index contributed by atoms with van der Waals surface area (Å²) in [4.78, 5) is 11.3. The van der Waals surface area contributed by atoms with E-state index in [1.807, 2.05) is 0 Å². The molecular formula is C23H19F3N4O3S. The van der Waals surface area contributed by atoms with Gasteiger partial charge in [-0.25, -0.2) is 27.2 Å². The second-order valence-corrected chi connectivity index (χ2v) is 9.26. The molecule has 0 aliphatic heterocycles. The first-order chi connectivity index (χ1) is 16.0. The quantitative estimate of drug-likeness (QED) is 0.381. The summed E-state index contributed by atoms with van der Waals surface area (Å²) in [5.74, 6) is -3.34. The number of fused-ring (bicyclic) bond motifs is 1. The zero-order valence-corrected chi connectivity index (χ0v) is 19.1. The highest BCUT2D eigenvalue weighted by Crippen LogP contribution is 2.38. The third kappa shape index (κ3) is 4.51. The highest BCUT2D eigenvalue weighted by molar-refractivity contribution is 7.92. The molecule has 0 atom stereocenters. The van der Waals surface area contributed by atoms with E-state index in [1.165, 1.54) is 37.4 Å². The predicted octanol–water partition coefficient (Wildman–Crippen LogP) is 5.06. The van der Waals surface area contributed by atoms with Gasteiger partial charge in [-0.15, -0.1) is 0 Å². The van der Waals surface area contributed by atoms with Crippen LogP contribution in [0, 0.1) is 13.0 Å². The fraction of sp³-hybridized carbons (Fsp3) is 0.174. The number of pyridine rings is 1. The zero-order chi connectivity index (χ0) is 24.7. The largest absolute Gasteiger partial charge is 0.480 e. The molecule has 0 bridgehead atoms. The summed E-state index contributed by atoms with van der Waals surface area (Å²) in [6.07, 6.45) is -0.00337. The summed E-state index contributed by atoms with van der Waals surface area (Å²) >= 11 is 0. The maximum atomic E-state index is 14.3. The number of halogens is 3. The van der Waals surface area contributed by atoms with Gasteiger partial charge in [-0.3, -0.25) is 4.72 Å². The van der Waals surface area contributed by atoms with Crippen LogP contribution in [-0.4, -0.2) is 30.5 Å². The minimum absolute atomic E-state index is 0.00210. The third-order valence-electron chi connectivity index (χ3n) is 5.11. The van der Waals surface area contributed by atoms with Crippen LogP contribution in [-0.2, 0) is 15.9 Å². The number of sulfonamides is 1. The van der Waals surface area contributed by atoms with Crippen molar-refractivity contribution in [2.75, 3.05) is 11.8 Å². The van der Waals surface area contributed by atoms with Gasteiger partial charge < -0.3 is 4.74 Å². The van der Waals surface area contributed by atoms with Crippen LogP contribution in [0.4, 0.5) is 19.0 Å². The fourth-order valence-corrected chi connectivity index (χ4v) is 4.79. The van der Waals surface area contributed by atoms with Crippen LogP contribution in [0.3, 0.4) is 0 Å². The SMILES string of the molecule is COc1nc(NS(=O)(=O)c2ccccc2C)ccc1-c1cc(C(C)(F)F)c2nc(F)ncc2c1. The van der Waals surface area contributed by atoms with Crippen molar-refractivity contribution in [3.05, 3.63) is 71.9 Å². The van der Waals surface area contributed by atoms with Gasteiger partial charge in [0.1, 0.15) is 5.82 Å². The standard InChI is InChI=1S/C23H19F3N4O3S/c1-13-6-4-5-7-18(13)34(31,32)30-19-9-8-16(21(28-19)33-3)14-10-15-12-27-22(24)29-20(15)17(11-14)23(2,25)26/h4-12H,1-3H3,(H,28,30). The number of hydrogen-bond donors (Lipinski definition) is 1. The van der Waals surface area contributed by atoms with E-state index < -0.39 is 27.6 Å². The highest BCUT2D eigenvalue weighted by atomic mass is 32.2. The molecule has 4 aromatic rings. The van der Waals surface area contributed by atoms with Gasteiger partial charge in [-0.1, -0.05) is 18.2 Å². The number of anilines is 1. The van der Waals surface area contributed by atoms with E-state index in [4.69, 9.17) is 4.74 Å².